The van der Waals surface area contributed by atoms with Gasteiger partial charge in [-0.25, -0.2) is 0 Å². The maximum absolute atomic E-state index is 12.3. The van der Waals surface area contributed by atoms with Crippen molar-refractivity contribution in [3.05, 3.63) is 46.2 Å². The molecule has 1 aromatic carbocycles. The van der Waals surface area contributed by atoms with Crippen LogP contribution in [0.15, 0.2) is 35.0 Å². The van der Waals surface area contributed by atoms with E-state index in [4.69, 9.17) is 9.47 Å². The molecule has 1 atom stereocenters. The van der Waals surface area contributed by atoms with Crippen molar-refractivity contribution in [2.45, 2.75) is 19.9 Å². The van der Waals surface area contributed by atoms with E-state index in [9.17, 15) is 9.59 Å². The number of thiophene rings is 1. The average molecular weight is 404 g/mol. The topological polar surface area (TPSA) is 79.9 Å². The van der Waals surface area contributed by atoms with Gasteiger partial charge < -0.3 is 20.1 Å². The van der Waals surface area contributed by atoms with Gasteiger partial charge in [-0.15, -0.1) is 0 Å². The number of fused-ring (bicyclic) bond motifs is 1. The van der Waals surface area contributed by atoms with Gasteiger partial charge in [-0.3, -0.25) is 14.5 Å². The molecule has 8 heteroatoms. The number of likely N-dealkylation sites (N-methyl/N-ethyl adjacent to an activating group) is 1. The first kappa shape index (κ1) is 20.2. The standard InChI is InChI=1S/C20H25N3O4S/c1-3-23(4-2)16(15-7-8-28-12-15)10-21-19(24)11-22-20(25)14-5-6-17-18(9-14)27-13-26-17/h5-9,12,16H,3-4,10-11,13H2,1-2H3,(H,21,24)(H,22,25). The summed E-state index contributed by atoms with van der Waals surface area (Å²) in [5.41, 5.74) is 1.62. The Bertz CT molecular complexity index is 806. The molecule has 2 amide bonds. The smallest absolute Gasteiger partial charge is 0.251 e. The molecule has 0 bridgehead atoms. The van der Waals surface area contributed by atoms with Crippen LogP contribution >= 0.6 is 11.3 Å². The van der Waals surface area contributed by atoms with Crippen LogP contribution in [0.25, 0.3) is 0 Å². The van der Waals surface area contributed by atoms with Crippen molar-refractivity contribution in [2.24, 2.45) is 0 Å². The van der Waals surface area contributed by atoms with Crippen LogP contribution in [-0.4, -0.2) is 49.7 Å². The Labute approximate surface area is 168 Å². The monoisotopic (exact) mass is 403 g/mol. The summed E-state index contributed by atoms with van der Waals surface area (Å²) < 4.78 is 10.5. The fraction of sp³-hybridized carbons (Fsp3) is 0.400. The number of ether oxygens (including phenoxy) is 2. The highest BCUT2D eigenvalue weighted by atomic mass is 32.1. The Morgan fingerprint density at radius 1 is 1.14 bits per heavy atom. The average Bonchev–Trinajstić information content (AvgIpc) is 3.40. The van der Waals surface area contributed by atoms with Crippen molar-refractivity contribution in [2.75, 3.05) is 33.0 Å². The highest BCUT2D eigenvalue weighted by Gasteiger charge is 2.20. The summed E-state index contributed by atoms with van der Waals surface area (Å²) in [6.07, 6.45) is 0. The largest absolute Gasteiger partial charge is 0.454 e. The minimum absolute atomic E-state index is 0.0815. The zero-order valence-electron chi connectivity index (χ0n) is 16.1. The van der Waals surface area contributed by atoms with Crippen LogP contribution in [0, 0.1) is 0 Å². The Hall–Kier alpha value is -2.58. The maximum atomic E-state index is 12.3. The summed E-state index contributed by atoms with van der Waals surface area (Å²) in [5.74, 6) is 0.605. The van der Waals surface area contributed by atoms with Crippen molar-refractivity contribution < 1.29 is 19.1 Å². The van der Waals surface area contributed by atoms with E-state index < -0.39 is 0 Å². The zero-order chi connectivity index (χ0) is 19.9. The summed E-state index contributed by atoms with van der Waals surface area (Å²) >= 11 is 1.65. The Balaban J connectivity index is 1.51. The highest BCUT2D eigenvalue weighted by molar-refractivity contribution is 7.07. The zero-order valence-corrected chi connectivity index (χ0v) is 16.9. The molecule has 1 aliphatic heterocycles. The minimum atomic E-state index is -0.327. The van der Waals surface area contributed by atoms with Gasteiger partial charge in [-0.05, 0) is 53.7 Å². The molecule has 2 heterocycles. The van der Waals surface area contributed by atoms with E-state index in [1.807, 2.05) is 5.38 Å². The van der Waals surface area contributed by atoms with Crippen LogP contribution in [0.5, 0.6) is 11.5 Å². The quantitative estimate of drug-likeness (QED) is 0.672. The molecule has 2 N–H and O–H groups in total. The highest BCUT2D eigenvalue weighted by Crippen LogP contribution is 2.32. The van der Waals surface area contributed by atoms with Crippen LogP contribution in [0.4, 0.5) is 0 Å². The SMILES string of the molecule is CCN(CC)C(CNC(=O)CNC(=O)c1ccc2c(c1)OCO2)c1ccsc1. The normalized spacial score (nSPS) is 13.4. The van der Waals surface area contributed by atoms with E-state index >= 15 is 0 Å². The third-order valence-corrected chi connectivity index (χ3v) is 5.42. The van der Waals surface area contributed by atoms with E-state index in [0.29, 0.717) is 23.6 Å². The summed E-state index contributed by atoms with van der Waals surface area (Å²) in [5, 5.41) is 9.73. The first-order valence-corrected chi connectivity index (χ1v) is 10.3. The molecule has 0 saturated carbocycles. The molecule has 1 unspecified atom stereocenters. The molecule has 0 fully saturated rings. The predicted octanol–water partition coefficient (Wildman–Crippen LogP) is 2.41. The van der Waals surface area contributed by atoms with E-state index in [1.54, 1.807) is 29.5 Å². The number of benzene rings is 1. The minimum Gasteiger partial charge on any atom is -0.454 e. The number of nitrogens with one attached hydrogen (secondary N) is 2. The molecule has 3 rings (SSSR count). The van der Waals surface area contributed by atoms with Gasteiger partial charge in [0.2, 0.25) is 12.7 Å². The fourth-order valence-electron chi connectivity index (χ4n) is 3.16. The van der Waals surface area contributed by atoms with Crippen molar-refractivity contribution in [1.82, 2.24) is 15.5 Å². The first-order valence-electron chi connectivity index (χ1n) is 9.33. The maximum Gasteiger partial charge on any atom is 0.251 e. The molecule has 1 aromatic heterocycles. The van der Waals surface area contributed by atoms with Gasteiger partial charge in [0.25, 0.3) is 5.91 Å². The number of hydrogen-bond donors (Lipinski definition) is 2. The molecule has 0 aliphatic carbocycles. The Morgan fingerprint density at radius 3 is 2.64 bits per heavy atom. The lowest BCUT2D eigenvalue weighted by atomic mass is 10.1. The summed E-state index contributed by atoms with van der Waals surface area (Å²) in [6.45, 7) is 6.58. The van der Waals surface area contributed by atoms with Crippen molar-refractivity contribution >= 4 is 23.2 Å². The van der Waals surface area contributed by atoms with Gasteiger partial charge in [0.1, 0.15) is 0 Å². The van der Waals surface area contributed by atoms with Crippen LogP contribution in [-0.2, 0) is 4.79 Å². The second kappa shape index (κ2) is 9.57. The second-order valence-electron chi connectivity index (χ2n) is 6.35. The molecule has 7 nitrogen and oxygen atoms in total. The molecular formula is C20H25N3O4S. The molecule has 28 heavy (non-hydrogen) atoms. The molecule has 150 valence electrons. The summed E-state index contributed by atoms with van der Waals surface area (Å²) in [6, 6.07) is 7.15. The Morgan fingerprint density at radius 2 is 1.93 bits per heavy atom. The lowest BCUT2D eigenvalue weighted by Gasteiger charge is -2.29. The Kier molecular flexibility index (Phi) is 6.89. The third-order valence-electron chi connectivity index (χ3n) is 4.72. The van der Waals surface area contributed by atoms with Gasteiger partial charge in [0.15, 0.2) is 11.5 Å². The molecule has 2 aromatic rings. The van der Waals surface area contributed by atoms with Crippen molar-refractivity contribution in [3.63, 3.8) is 0 Å². The van der Waals surface area contributed by atoms with Gasteiger partial charge in [-0.1, -0.05) is 13.8 Å². The van der Waals surface area contributed by atoms with Crippen LogP contribution in [0.2, 0.25) is 0 Å². The molecule has 0 radical (unpaired) electrons. The summed E-state index contributed by atoms with van der Waals surface area (Å²) in [7, 11) is 0. The molecule has 0 saturated heterocycles. The lowest BCUT2D eigenvalue weighted by molar-refractivity contribution is -0.120. The van der Waals surface area contributed by atoms with E-state index in [2.05, 4.69) is 40.8 Å². The third kappa shape index (κ3) is 4.82. The van der Waals surface area contributed by atoms with E-state index in [-0.39, 0.29) is 31.2 Å². The second-order valence-corrected chi connectivity index (χ2v) is 7.13. The van der Waals surface area contributed by atoms with Gasteiger partial charge in [0.05, 0.1) is 12.6 Å². The summed E-state index contributed by atoms with van der Waals surface area (Å²) in [4.78, 5) is 26.8. The van der Waals surface area contributed by atoms with Gasteiger partial charge >= 0.3 is 0 Å². The number of nitrogens with zero attached hydrogens (tertiary/aromatic N) is 1. The fourth-order valence-corrected chi connectivity index (χ4v) is 3.87. The number of carbonyl (C=O) groups is 2. The number of amides is 2. The van der Waals surface area contributed by atoms with Crippen molar-refractivity contribution in [3.8, 4) is 11.5 Å². The number of rotatable bonds is 9. The predicted molar refractivity (Wildman–Crippen MR) is 108 cm³/mol. The number of hydrogen-bond acceptors (Lipinski definition) is 6. The van der Waals surface area contributed by atoms with Gasteiger partial charge in [0, 0.05) is 12.1 Å². The van der Waals surface area contributed by atoms with Crippen molar-refractivity contribution in [1.29, 1.82) is 0 Å². The van der Waals surface area contributed by atoms with E-state index in [1.165, 1.54) is 5.56 Å². The molecular weight excluding hydrogens is 378 g/mol. The van der Waals surface area contributed by atoms with Gasteiger partial charge in [-0.2, -0.15) is 11.3 Å². The van der Waals surface area contributed by atoms with Crippen LogP contribution < -0.4 is 20.1 Å². The number of carbonyl (C=O) groups excluding carboxylic acids is 2. The van der Waals surface area contributed by atoms with Crippen LogP contribution in [0.3, 0.4) is 0 Å². The molecule has 1 aliphatic rings. The van der Waals surface area contributed by atoms with E-state index in [0.717, 1.165) is 13.1 Å². The molecule has 0 spiro atoms. The first-order chi connectivity index (χ1) is 13.6. The lowest BCUT2D eigenvalue weighted by Crippen LogP contribution is -2.42. The van der Waals surface area contributed by atoms with Crippen LogP contribution in [0.1, 0.15) is 35.8 Å².